The topological polar surface area (TPSA) is 58.1 Å². The van der Waals surface area contributed by atoms with Crippen LogP contribution in [0.3, 0.4) is 0 Å². The number of nitrogens with zero attached hydrogens (tertiary/aromatic N) is 2. The molecule has 0 amide bonds. The minimum Gasteiger partial charge on any atom is -0.497 e. The van der Waals surface area contributed by atoms with E-state index in [4.69, 9.17) is 9.47 Å². The zero-order valence-corrected chi connectivity index (χ0v) is 15.0. The Balaban J connectivity index is 1.89. The van der Waals surface area contributed by atoms with Crippen LogP contribution in [0.25, 0.3) is 0 Å². The predicted molar refractivity (Wildman–Crippen MR) is 93.5 cm³/mol. The summed E-state index contributed by atoms with van der Waals surface area (Å²) >= 11 is 0. The summed E-state index contributed by atoms with van der Waals surface area (Å²) in [7, 11) is 2.93. The molecular formula is C17H25F3N4O2. The summed E-state index contributed by atoms with van der Waals surface area (Å²) in [4.78, 5) is 6.32. The summed E-state index contributed by atoms with van der Waals surface area (Å²) in [5, 5.41) is 6.05. The molecule has 9 heteroatoms. The number of halogens is 3. The number of rotatable bonds is 6. The van der Waals surface area contributed by atoms with Gasteiger partial charge in [0.2, 0.25) is 0 Å². The SMILES string of the molecule is CN=C(NCCN1CCOCC1)NCc1ccc(OC)cc1C(F)(F)F. The van der Waals surface area contributed by atoms with E-state index in [9.17, 15) is 13.2 Å². The number of hydrogen-bond acceptors (Lipinski definition) is 4. The molecule has 1 fully saturated rings. The quantitative estimate of drug-likeness (QED) is 0.587. The van der Waals surface area contributed by atoms with Crippen LogP contribution in [0.4, 0.5) is 13.2 Å². The van der Waals surface area contributed by atoms with Crippen molar-refractivity contribution in [1.29, 1.82) is 0 Å². The van der Waals surface area contributed by atoms with Gasteiger partial charge in [0.25, 0.3) is 0 Å². The molecule has 2 rings (SSSR count). The lowest BCUT2D eigenvalue weighted by molar-refractivity contribution is -0.138. The third-order valence-electron chi connectivity index (χ3n) is 4.12. The van der Waals surface area contributed by atoms with Gasteiger partial charge >= 0.3 is 6.18 Å². The number of ether oxygens (including phenoxy) is 2. The Morgan fingerprint density at radius 2 is 2.00 bits per heavy atom. The van der Waals surface area contributed by atoms with Crippen molar-refractivity contribution in [2.45, 2.75) is 12.7 Å². The van der Waals surface area contributed by atoms with Gasteiger partial charge < -0.3 is 20.1 Å². The molecule has 1 aliphatic heterocycles. The van der Waals surface area contributed by atoms with Gasteiger partial charge in [-0.2, -0.15) is 13.2 Å². The van der Waals surface area contributed by atoms with Crippen LogP contribution in [0, 0.1) is 0 Å². The van der Waals surface area contributed by atoms with E-state index in [-0.39, 0.29) is 17.9 Å². The Hall–Kier alpha value is -2.00. The van der Waals surface area contributed by atoms with Gasteiger partial charge in [-0.05, 0) is 17.7 Å². The monoisotopic (exact) mass is 374 g/mol. The van der Waals surface area contributed by atoms with Crippen molar-refractivity contribution in [2.24, 2.45) is 4.99 Å². The molecule has 1 aromatic carbocycles. The molecule has 1 heterocycles. The highest BCUT2D eigenvalue weighted by molar-refractivity contribution is 5.79. The van der Waals surface area contributed by atoms with Gasteiger partial charge in [-0.3, -0.25) is 9.89 Å². The molecule has 26 heavy (non-hydrogen) atoms. The summed E-state index contributed by atoms with van der Waals surface area (Å²) in [5.74, 6) is 0.635. The van der Waals surface area contributed by atoms with Crippen LogP contribution in [-0.2, 0) is 17.5 Å². The Bertz CT molecular complexity index is 602. The molecule has 0 bridgehead atoms. The van der Waals surface area contributed by atoms with E-state index >= 15 is 0 Å². The third kappa shape index (κ3) is 6.06. The van der Waals surface area contributed by atoms with E-state index in [0.717, 1.165) is 38.9 Å². The first-order valence-corrected chi connectivity index (χ1v) is 8.42. The van der Waals surface area contributed by atoms with Gasteiger partial charge in [0.15, 0.2) is 5.96 Å². The number of guanidine groups is 1. The lowest BCUT2D eigenvalue weighted by Crippen LogP contribution is -2.44. The maximum absolute atomic E-state index is 13.2. The van der Waals surface area contributed by atoms with Crippen LogP contribution in [-0.4, -0.2) is 64.4 Å². The van der Waals surface area contributed by atoms with Crippen molar-refractivity contribution in [3.63, 3.8) is 0 Å². The zero-order chi connectivity index (χ0) is 19.0. The number of hydrogen-bond donors (Lipinski definition) is 2. The molecule has 0 saturated carbocycles. The molecule has 0 aliphatic carbocycles. The van der Waals surface area contributed by atoms with E-state index in [0.29, 0.717) is 12.5 Å². The van der Waals surface area contributed by atoms with Crippen LogP contribution >= 0.6 is 0 Å². The molecule has 1 saturated heterocycles. The van der Waals surface area contributed by atoms with Crippen molar-refractivity contribution in [2.75, 3.05) is 53.6 Å². The van der Waals surface area contributed by atoms with E-state index in [1.54, 1.807) is 7.05 Å². The van der Waals surface area contributed by atoms with Gasteiger partial charge in [0, 0.05) is 39.8 Å². The Kier molecular flexibility index (Phi) is 7.52. The molecule has 0 atom stereocenters. The predicted octanol–water partition coefficient (Wildman–Crippen LogP) is 1.71. The largest absolute Gasteiger partial charge is 0.497 e. The first-order valence-electron chi connectivity index (χ1n) is 8.42. The maximum atomic E-state index is 13.2. The summed E-state index contributed by atoms with van der Waals surface area (Å²) in [6.07, 6.45) is -4.45. The highest BCUT2D eigenvalue weighted by atomic mass is 19.4. The van der Waals surface area contributed by atoms with E-state index < -0.39 is 11.7 Å². The van der Waals surface area contributed by atoms with Crippen molar-refractivity contribution in [1.82, 2.24) is 15.5 Å². The molecule has 1 aromatic rings. The van der Waals surface area contributed by atoms with E-state index in [2.05, 4.69) is 20.5 Å². The second-order valence-corrected chi connectivity index (χ2v) is 5.83. The highest BCUT2D eigenvalue weighted by Gasteiger charge is 2.33. The molecule has 146 valence electrons. The van der Waals surface area contributed by atoms with Gasteiger partial charge in [-0.1, -0.05) is 6.07 Å². The van der Waals surface area contributed by atoms with Crippen molar-refractivity contribution < 1.29 is 22.6 Å². The van der Waals surface area contributed by atoms with Crippen LogP contribution in [0.1, 0.15) is 11.1 Å². The Morgan fingerprint density at radius 3 is 2.62 bits per heavy atom. The fourth-order valence-corrected chi connectivity index (χ4v) is 2.66. The molecule has 0 spiro atoms. The van der Waals surface area contributed by atoms with Crippen molar-refractivity contribution in [3.05, 3.63) is 29.3 Å². The summed E-state index contributed by atoms with van der Waals surface area (Å²) in [5.41, 5.74) is -0.581. The minimum atomic E-state index is -4.45. The second-order valence-electron chi connectivity index (χ2n) is 5.83. The fraction of sp³-hybridized carbons (Fsp3) is 0.588. The fourth-order valence-electron chi connectivity index (χ4n) is 2.66. The number of alkyl halides is 3. The minimum absolute atomic E-state index is 0.00999. The van der Waals surface area contributed by atoms with Gasteiger partial charge in [0.1, 0.15) is 5.75 Å². The molecule has 0 unspecified atom stereocenters. The van der Waals surface area contributed by atoms with Crippen molar-refractivity contribution >= 4 is 5.96 Å². The smallest absolute Gasteiger partial charge is 0.416 e. The number of methoxy groups -OCH3 is 1. The zero-order valence-electron chi connectivity index (χ0n) is 15.0. The lowest BCUT2D eigenvalue weighted by Gasteiger charge is -2.26. The summed E-state index contributed by atoms with van der Waals surface area (Å²) < 4.78 is 49.9. The average molecular weight is 374 g/mol. The Morgan fingerprint density at radius 1 is 1.27 bits per heavy atom. The average Bonchev–Trinajstić information content (AvgIpc) is 2.64. The normalized spacial score (nSPS) is 16.4. The molecule has 0 aromatic heterocycles. The molecule has 1 aliphatic rings. The number of morpholine rings is 1. The van der Waals surface area contributed by atoms with Crippen molar-refractivity contribution in [3.8, 4) is 5.75 Å². The van der Waals surface area contributed by atoms with Crippen LogP contribution < -0.4 is 15.4 Å². The summed E-state index contributed by atoms with van der Waals surface area (Å²) in [6, 6.07) is 3.93. The molecule has 2 N–H and O–H groups in total. The van der Waals surface area contributed by atoms with Crippen LogP contribution in [0.15, 0.2) is 23.2 Å². The molecule has 6 nitrogen and oxygen atoms in total. The molecular weight excluding hydrogens is 349 g/mol. The first-order chi connectivity index (χ1) is 12.4. The highest BCUT2D eigenvalue weighted by Crippen LogP contribution is 2.34. The van der Waals surface area contributed by atoms with E-state index in [1.807, 2.05) is 0 Å². The first kappa shape index (κ1) is 20.3. The number of nitrogens with one attached hydrogen (secondary N) is 2. The number of aliphatic imine (C=N–C) groups is 1. The lowest BCUT2D eigenvalue weighted by atomic mass is 10.1. The van der Waals surface area contributed by atoms with Crippen LogP contribution in [0.2, 0.25) is 0 Å². The van der Waals surface area contributed by atoms with Gasteiger partial charge in [-0.15, -0.1) is 0 Å². The Labute approximate surface area is 151 Å². The van der Waals surface area contributed by atoms with E-state index in [1.165, 1.54) is 19.2 Å². The van der Waals surface area contributed by atoms with Gasteiger partial charge in [0.05, 0.1) is 25.9 Å². The number of benzene rings is 1. The molecule has 0 radical (unpaired) electrons. The summed E-state index contributed by atoms with van der Waals surface area (Å²) in [6.45, 7) is 4.70. The van der Waals surface area contributed by atoms with Gasteiger partial charge in [-0.25, -0.2) is 0 Å². The second kappa shape index (κ2) is 9.63. The standard InChI is InChI=1S/C17H25F3N4O2/c1-21-16(22-5-6-24-7-9-26-10-8-24)23-12-13-3-4-14(25-2)11-15(13)17(18,19)20/h3-4,11H,5-10,12H2,1-2H3,(H2,21,22,23). The third-order valence-corrected chi connectivity index (χ3v) is 4.12. The maximum Gasteiger partial charge on any atom is 0.416 e. The van der Waals surface area contributed by atoms with Crippen LogP contribution in [0.5, 0.6) is 5.75 Å².